The lowest BCUT2D eigenvalue weighted by Crippen LogP contribution is -2.41. The van der Waals surface area contributed by atoms with E-state index in [9.17, 15) is 4.39 Å². The number of halogens is 1. The smallest absolute Gasteiger partial charge is 0.146 e. The molecule has 20 heavy (non-hydrogen) atoms. The molecule has 0 aromatic heterocycles. The van der Waals surface area contributed by atoms with Crippen LogP contribution in [0.4, 0.5) is 10.1 Å². The standard InChI is InChI=1S/C16H26FN3/c1-4-13-11-19(3)9-6-10-20(13)16-14(12(2)18)7-5-8-15(16)17/h5,7-8,12-13H,4,6,9-11,18H2,1-3H3. The van der Waals surface area contributed by atoms with E-state index in [0.29, 0.717) is 11.7 Å². The molecule has 1 aromatic rings. The van der Waals surface area contributed by atoms with Crippen LogP contribution in [0.3, 0.4) is 0 Å². The third kappa shape index (κ3) is 3.13. The third-order valence-electron chi connectivity index (χ3n) is 4.17. The second-order valence-electron chi connectivity index (χ2n) is 5.84. The van der Waals surface area contributed by atoms with Crippen LogP contribution in [0.5, 0.6) is 0 Å². The largest absolute Gasteiger partial charge is 0.365 e. The molecule has 112 valence electrons. The van der Waals surface area contributed by atoms with E-state index in [1.165, 1.54) is 0 Å². The lowest BCUT2D eigenvalue weighted by molar-refractivity contribution is 0.327. The third-order valence-corrected chi connectivity index (χ3v) is 4.17. The van der Waals surface area contributed by atoms with Crippen molar-refractivity contribution in [3.63, 3.8) is 0 Å². The average Bonchev–Trinajstić information content (AvgIpc) is 2.59. The summed E-state index contributed by atoms with van der Waals surface area (Å²) < 4.78 is 14.4. The molecule has 4 heteroatoms. The van der Waals surface area contributed by atoms with Crippen LogP contribution in [0.2, 0.25) is 0 Å². The highest BCUT2D eigenvalue weighted by Gasteiger charge is 2.26. The van der Waals surface area contributed by atoms with Gasteiger partial charge in [-0.2, -0.15) is 0 Å². The fourth-order valence-electron chi connectivity index (χ4n) is 3.09. The van der Waals surface area contributed by atoms with Crippen LogP contribution in [-0.2, 0) is 0 Å². The molecule has 1 heterocycles. The van der Waals surface area contributed by atoms with Crippen molar-refractivity contribution >= 4 is 5.69 Å². The van der Waals surface area contributed by atoms with E-state index in [1.807, 2.05) is 13.0 Å². The van der Waals surface area contributed by atoms with Gasteiger partial charge in [0.05, 0.1) is 5.69 Å². The minimum absolute atomic E-state index is 0.150. The number of anilines is 1. The Kier molecular flexibility index (Phi) is 5.00. The molecule has 2 unspecified atom stereocenters. The summed E-state index contributed by atoms with van der Waals surface area (Å²) in [7, 11) is 2.14. The van der Waals surface area contributed by atoms with Crippen LogP contribution < -0.4 is 10.6 Å². The molecule has 1 aromatic carbocycles. The highest BCUT2D eigenvalue weighted by molar-refractivity contribution is 5.57. The molecule has 1 aliphatic rings. The zero-order valence-electron chi connectivity index (χ0n) is 12.8. The van der Waals surface area contributed by atoms with Crippen LogP contribution in [0.1, 0.15) is 38.3 Å². The molecule has 1 fully saturated rings. The van der Waals surface area contributed by atoms with Crippen molar-refractivity contribution < 1.29 is 4.39 Å². The molecule has 3 nitrogen and oxygen atoms in total. The van der Waals surface area contributed by atoms with Crippen LogP contribution >= 0.6 is 0 Å². The maximum absolute atomic E-state index is 14.4. The predicted octanol–water partition coefficient (Wildman–Crippen LogP) is 2.77. The Morgan fingerprint density at radius 2 is 2.15 bits per heavy atom. The minimum Gasteiger partial charge on any atom is -0.365 e. The van der Waals surface area contributed by atoms with Gasteiger partial charge in [0.2, 0.25) is 0 Å². The Hall–Kier alpha value is -1.13. The Morgan fingerprint density at radius 3 is 2.80 bits per heavy atom. The van der Waals surface area contributed by atoms with Gasteiger partial charge in [0, 0.05) is 25.2 Å². The van der Waals surface area contributed by atoms with Crippen molar-refractivity contribution in [2.24, 2.45) is 5.73 Å². The van der Waals surface area contributed by atoms with Gasteiger partial charge in [-0.05, 0) is 45.0 Å². The summed E-state index contributed by atoms with van der Waals surface area (Å²) in [6.45, 7) is 7.02. The van der Waals surface area contributed by atoms with Crippen LogP contribution in [0, 0.1) is 5.82 Å². The lowest BCUT2D eigenvalue weighted by Gasteiger charge is -2.34. The van der Waals surface area contributed by atoms with Crippen LogP contribution in [-0.4, -0.2) is 37.6 Å². The first kappa shape index (κ1) is 15.3. The first-order valence-corrected chi connectivity index (χ1v) is 7.53. The van der Waals surface area contributed by atoms with E-state index in [-0.39, 0.29) is 11.9 Å². The number of nitrogens with two attached hydrogens (primary N) is 1. The van der Waals surface area contributed by atoms with Gasteiger partial charge in [-0.25, -0.2) is 4.39 Å². The van der Waals surface area contributed by atoms with Crippen molar-refractivity contribution in [1.29, 1.82) is 0 Å². The normalized spacial score (nSPS) is 22.6. The summed E-state index contributed by atoms with van der Waals surface area (Å²) in [5.41, 5.74) is 7.66. The van der Waals surface area contributed by atoms with Crippen molar-refractivity contribution in [3.8, 4) is 0 Å². The molecule has 0 amide bonds. The van der Waals surface area contributed by atoms with Gasteiger partial charge in [-0.3, -0.25) is 0 Å². The van der Waals surface area contributed by atoms with Crippen molar-refractivity contribution in [2.45, 2.75) is 38.8 Å². The quantitative estimate of drug-likeness (QED) is 0.923. The zero-order valence-corrected chi connectivity index (χ0v) is 12.8. The van der Waals surface area contributed by atoms with E-state index in [1.54, 1.807) is 12.1 Å². The van der Waals surface area contributed by atoms with Gasteiger partial charge in [0.15, 0.2) is 0 Å². The van der Waals surface area contributed by atoms with Gasteiger partial charge in [0.1, 0.15) is 5.82 Å². The Morgan fingerprint density at radius 1 is 1.40 bits per heavy atom. The number of rotatable bonds is 3. The van der Waals surface area contributed by atoms with Gasteiger partial charge in [-0.15, -0.1) is 0 Å². The Bertz CT molecular complexity index is 447. The molecule has 1 aliphatic heterocycles. The maximum Gasteiger partial charge on any atom is 0.146 e. The predicted molar refractivity (Wildman–Crippen MR) is 82.5 cm³/mol. The number of likely N-dealkylation sites (N-methyl/N-ethyl adjacent to an activating group) is 1. The molecule has 0 spiro atoms. The monoisotopic (exact) mass is 279 g/mol. The van der Waals surface area contributed by atoms with Crippen LogP contribution in [0.15, 0.2) is 18.2 Å². The van der Waals surface area contributed by atoms with Gasteiger partial charge in [0.25, 0.3) is 0 Å². The van der Waals surface area contributed by atoms with Crippen LogP contribution in [0.25, 0.3) is 0 Å². The maximum atomic E-state index is 14.4. The molecule has 2 N–H and O–H groups in total. The number of nitrogens with zero attached hydrogens (tertiary/aromatic N) is 2. The summed E-state index contributed by atoms with van der Waals surface area (Å²) in [5.74, 6) is -0.150. The SMILES string of the molecule is CCC1CN(C)CCCN1c1c(F)cccc1C(C)N. The molecule has 0 aliphatic carbocycles. The second kappa shape index (κ2) is 6.55. The van der Waals surface area contributed by atoms with Gasteiger partial charge >= 0.3 is 0 Å². The van der Waals surface area contributed by atoms with E-state index in [2.05, 4.69) is 23.8 Å². The molecule has 0 saturated carbocycles. The molecular formula is C16H26FN3. The number of benzene rings is 1. The zero-order chi connectivity index (χ0) is 14.7. The summed E-state index contributed by atoms with van der Waals surface area (Å²) in [4.78, 5) is 4.57. The van der Waals surface area contributed by atoms with E-state index >= 15 is 0 Å². The van der Waals surface area contributed by atoms with Crippen molar-refractivity contribution in [1.82, 2.24) is 4.90 Å². The highest BCUT2D eigenvalue weighted by atomic mass is 19.1. The summed E-state index contributed by atoms with van der Waals surface area (Å²) in [6.07, 6.45) is 2.07. The van der Waals surface area contributed by atoms with Crippen molar-refractivity contribution in [2.75, 3.05) is 31.6 Å². The van der Waals surface area contributed by atoms with Gasteiger partial charge in [-0.1, -0.05) is 19.1 Å². The topological polar surface area (TPSA) is 32.5 Å². The number of hydrogen-bond acceptors (Lipinski definition) is 3. The Labute approximate surface area is 121 Å². The molecule has 0 radical (unpaired) electrons. The lowest BCUT2D eigenvalue weighted by atomic mass is 10.0. The fraction of sp³-hybridized carbons (Fsp3) is 0.625. The highest BCUT2D eigenvalue weighted by Crippen LogP contribution is 2.31. The van der Waals surface area contributed by atoms with E-state index in [4.69, 9.17) is 5.73 Å². The molecule has 2 rings (SSSR count). The van der Waals surface area contributed by atoms with E-state index in [0.717, 1.165) is 38.0 Å². The molecule has 2 atom stereocenters. The molecule has 1 saturated heterocycles. The summed E-state index contributed by atoms with van der Waals surface area (Å²) in [6, 6.07) is 5.44. The molecular weight excluding hydrogens is 253 g/mol. The number of hydrogen-bond donors (Lipinski definition) is 1. The molecule has 0 bridgehead atoms. The second-order valence-corrected chi connectivity index (χ2v) is 5.84. The average molecular weight is 279 g/mol. The first-order chi connectivity index (χ1) is 9.54. The van der Waals surface area contributed by atoms with Crippen molar-refractivity contribution in [3.05, 3.63) is 29.6 Å². The van der Waals surface area contributed by atoms with E-state index < -0.39 is 0 Å². The fourth-order valence-corrected chi connectivity index (χ4v) is 3.09. The minimum atomic E-state index is -0.154. The first-order valence-electron chi connectivity index (χ1n) is 7.53. The summed E-state index contributed by atoms with van der Waals surface area (Å²) >= 11 is 0. The van der Waals surface area contributed by atoms with Gasteiger partial charge < -0.3 is 15.5 Å². The Balaban J connectivity index is 2.42. The summed E-state index contributed by atoms with van der Waals surface area (Å²) in [5, 5.41) is 0. The number of para-hydroxylation sites is 1.